The maximum absolute atomic E-state index is 3.50. The molecule has 1 radical (unpaired) electrons. The summed E-state index contributed by atoms with van der Waals surface area (Å²) in [6, 6.07) is 9.52. The smallest absolute Gasteiger partial charge is 0.0385 e. The fraction of sp³-hybridized carbons (Fsp3) is 0.500. The molecule has 1 nitrogen and oxygen atoms in total. The minimum absolute atomic E-state index is 0.491. The predicted molar refractivity (Wildman–Crippen MR) is 53.9 cm³/mol. The number of rotatable bonds is 0. The van der Waals surface area contributed by atoms with E-state index in [1.165, 1.54) is 31.4 Å². The lowest BCUT2D eigenvalue weighted by atomic mass is 9.81. The van der Waals surface area contributed by atoms with Crippen molar-refractivity contribution < 1.29 is 0 Å². The van der Waals surface area contributed by atoms with Crippen molar-refractivity contribution in [3.63, 3.8) is 0 Å². The van der Waals surface area contributed by atoms with Crippen LogP contribution in [0, 0.1) is 6.07 Å². The molecule has 0 aromatic heterocycles. The molecule has 3 rings (SSSR count). The van der Waals surface area contributed by atoms with Gasteiger partial charge >= 0.3 is 0 Å². The first-order valence-corrected chi connectivity index (χ1v) is 5.15. The molecular formula is C12H14N. The molecule has 0 unspecified atom stereocenters. The van der Waals surface area contributed by atoms with Gasteiger partial charge in [0.2, 0.25) is 0 Å². The van der Waals surface area contributed by atoms with Crippen molar-refractivity contribution in [3.8, 4) is 0 Å². The molecular weight excluding hydrogens is 158 g/mol. The zero-order valence-corrected chi connectivity index (χ0v) is 7.77. The summed E-state index contributed by atoms with van der Waals surface area (Å²) in [5.74, 6) is 0. The normalized spacial score (nSPS) is 23.1. The zero-order chi connectivity index (χ0) is 8.73. The summed E-state index contributed by atoms with van der Waals surface area (Å²) in [5.41, 5.74) is 3.36. The largest absolute Gasteiger partial charge is 0.384 e. The van der Waals surface area contributed by atoms with Crippen molar-refractivity contribution in [3.05, 3.63) is 29.8 Å². The van der Waals surface area contributed by atoms with E-state index >= 15 is 0 Å². The van der Waals surface area contributed by atoms with Crippen molar-refractivity contribution in [1.82, 2.24) is 0 Å². The molecule has 1 heterocycles. The average molecular weight is 172 g/mol. The van der Waals surface area contributed by atoms with E-state index in [2.05, 4.69) is 23.5 Å². The van der Waals surface area contributed by atoms with Gasteiger partial charge < -0.3 is 5.32 Å². The Morgan fingerprint density at radius 2 is 2.15 bits per heavy atom. The number of hydrogen-bond donors (Lipinski definition) is 1. The molecule has 67 valence electrons. The van der Waals surface area contributed by atoms with Crippen LogP contribution in [0.5, 0.6) is 0 Å². The fourth-order valence-corrected chi connectivity index (χ4v) is 2.90. The molecule has 1 N–H and O–H groups in total. The molecule has 1 fully saturated rings. The Morgan fingerprint density at radius 1 is 1.31 bits per heavy atom. The second-order valence-corrected chi connectivity index (χ2v) is 4.31. The topological polar surface area (TPSA) is 12.0 Å². The van der Waals surface area contributed by atoms with Crippen LogP contribution in [0.3, 0.4) is 0 Å². The average Bonchev–Trinajstić information content (AvgIpc) is 2.78. The third-order valence-corrected chi connectivity index (χ3v) is 3.61. The molecule has 0 atom stereocenters. The van der Waals surface area contributed by atoms with Crippen LogP contribution in [0.25, 0.3) is 0 Å². The van der Waals surface area contributed by atoms with Gasteiger partial charge in [-0.15, -0.1) is 0 Å². The first-order valence-electron chi connectivity index (χ1n) is 5.15. The van der Waals surface area contributed by atoms with Gasteiger partial charge in [-0.3, -0.25) is 0 Å². The molecule has 1 aliphatic heterocycles. The van der Waals surface area contributed by atoms with Gasteiger partial charge in [-0.2, -0.15) is 0 Å². The fourth-order valence-electron chi connectivity index (χ4n) is 2.90. The Morgan fingerprint density at radius 3 is 3.00 bits per heavy atom. The Balaban J connectivity index is 2.11. The third-order valence-electron chi connectivity index (χ3n) is 3.61. The van der Waals surface area contributed by atoms with Crippen LogP contribution in [0.4, 0.5) is 5.69 Å². The van der Waals surface area contributed by atoms with Crippen LogP contribution in [0.1, 0.15) is 31.2 Å². The second-order valence-electron chi connectivity index (χ2n) is 4.31. The zero-order valence-electron chi connectivity index (χ0n) is 7.77. The highest BCUT2D eigenvalue weighted by atomic mass is 14.9. The quantitative estimate of drug-likeness (QED) is 0.634. The van der Waals surface area contributed by atoms with Crippen LogP contribution in [-0.2, 0) is 5.41 Å². The minimum atomic E-state index is 0.491. The van der Waals surface area contributed by atoms with Gasteiger partial charge in [-0.25, -0.2) is 0 Å². The van der Waals surface area contributed by atoms with E-state index in [1.54, 1.807) is 5.56 Å². The van der Waals surface area contributed by atoms with E-state index in [1.807, 2.05) is 6.07 Å². The van der Waals surface area contributed by atoms with Crippen LogP contribution in [0.15, 0.2) is 18.2 Å². The Hall–Kier alpha value is -0.980. The Bertz CT molecular complexity index is 324. The van der Waals surface area contributed by atoms with E-state index in [9.17, 15) is 0 Å². The molecule has 13 heavy (non-hydrogen) atoms. The molecule has 2 aliphatic rings. The molecule has 1 aromatic carbocycles. The minimum Gasteiger partial charge on any atom is -0.384 e. The van der Waals surface area contributed by atoms with Gasteiger partial charge in [0.05, 0.1) is 0 Å². The van der Waals surface area contributed by atoms with E-state index in [0.29, 0.717) is 5.41 Å². The maximum Gasteiger partial charge on any atom is 0.0385 e. The molecule has 0 amide bonds. The second kappa shape index (κ2) is 2.50. The van der Waals surface area contributed by atoms with Crippen molar-refractivity contribution in [2.45, 2.75) is 31.1 Å². The monoisotopic (exact) mass is 172 g/mol. The van der Waals surface area contributed by atoms with Crippen molar-refractivity contribution in [1.29, 1.82) is 0 Å². The summed E-state index contributed by atoms with van der Waals surface area (Å²) in [7, 11) is 0. The lowest BCUT2D eigenvalue weighted by Crippen LogP contribution is -2.23. The summed E-state index contributed by atoms with van der Waals surface area (Å²) in [5, 5.41) is 3.50. The summed E-state index contributed by atoms with van der Waals surface area (Å²) in [6.07, 6.45) is 5.55. The first kappa shape index (κ1) is 7.43. The van der Waals surface area contributed by atoms with Gasteiger partial charge in [-0.1, -0.05) is 25.0 Å². The van der Waals surface area contributed by atoms with Crippen LogP contribution in [0.2, 0.25) is 0 Å². The molecule has 0 bridgehead atoms. The molecule has 1 saturated carbocycles. The maximum atomic E-state index is 3.50. The Kier molecular flexibility index (Phi) is 1.43. The predicted octanol–water partition coefficient (Wildman–Crippen LogP) is 2.72. The van der Waals surface area contributed by atoms with Gasteiger partial charge in [0, 0.05) is 17.6 Å². The highest BCUT2D eigenvalue weighted by Crippen LogP contribution is 2.47. The van der Waals surface area contributed by atoms with Crippen molar-refractivity contribution in [2.75, 3.05) is 11.9 Å². The molecule has 0 saturated heterocycles. The number of nitrogens with one attached hydrogen (secondary N) is 1. The number of hydrogen-bond acceptors (Lipinski definition) is 1. The molecule has 1 aromatic rings. The number of fused-ring (bicyclic) bond motifs is 2. The molecule has 1 spiro atoms. The highest BCUT2D eigenvalue weighted by Gasteiger charge is 2.40. The lowest BCUT2D eigenvalue weighted by molar-refractivity contribution is 0.489. The number of anilines is 1. The van der Waals surface area contributed by atoms with Crippen LogP contribution in [-0.4, -0.2) is 6.54 Å². The molecule has 1 heteroatoms. The number of benzene rings is 1. The standard InChI is InChI=1S/C12H14N/c1-2-6-11-10(5-1)12(9-13-11)7-3-4-8-12/h1,5-6,13H,3-4,7-9H2. The van der Waals surface area contributed by atoms with Gasteiger partial charge in [0.25, 0.3) is 0 Å². The van der Waals surface area contributed by atoms with Gasteiger partial charge in [0.15, 0.2) is 0 Å². The Labute approximate surface area is 79.2 Å². The van der Waals surface area contributed by atoms with E-state index in [-0.39, 0.29) is 0 Å². The SMILES string of the molecule is [c]1ccc2c(c1)NCC21CCCC1. The van der Waals surface area contributed by atoms with Crippen molar-refractivity contribution >= 4 is 5.69 Å². The summed E-state index contributed by atoms with van der Waals surface area (Å²) in [6.45, 7) is 1.15. The van der Waals surface area contributed by atoms with Gasteiger partial charge in [0.1, 0.15) is 0 Å². The highest BCUT2D eigenvalue weighted by molar-refractivity contribution is 5.60. The third kappa shape index (κ3) is 0.932. The van der Waals surface area contributed by atoms with Crippen molar-refractivity contribution in [2.24, 2.45) is 0 Å². The summed E-state index contributed by atoms with van der Waals surface area (Å²) >= 11 is 0. The molecule has 1 aliphatic carbocycles. The van der Waals surface area contributed by atoms with E-state index in [0.717, 1.165) is 6.54 Å². The van der Waals surface area contributed by atoms with Crippen LogP contribution < -0.4 is 5.32 Å². The van der Waals surface area contributed by atoms with E-state index < -0.39 is 0 Å². The lowest BCUT2D eigenvalue weighted by Gasteiger charge is -2.22. The summed E-state index contributed by atoms with van der Waals surface area (Å²) in [4.78, 5) is 0. The summed E-state index contributed by atoms with van der Waals surface area (Å²) < 4.78 is 0. The first-order chi connectivity index (χ1) is 6.41. The van der Waals surface area contributed by atoms with Gasteiger partial charge in [-0.05, 0) is 30.5 Å². The van der Waals surface area contributed by atoms with Crippen LogP contribution >= 0.6 is 0 Å². The van der Waals surface area contributed by atoms with E-state index in [4.69, 9.17) is 0 Å².